The lowest BCUT2D eigenvalue weighted by Gasteiger charge is -2.13. The predicted octanol–water partition coefficient (Wildman–Crippen LogP) is -0.0422. The fraction of sp³-hybridized carbons (Fsp3) is 0.273. The second-order valence-corrected chi connectivity index (χ2v) is 6.10. The van der Waals surface area contributed by atoms with Crippen molar-refractivity contribution >= 4 is 27.4 Å². The molecule has 0 fully saturated rings. The molecule has 0 aromatic heterocycles. The van der Waals surface area contributed by atoms with Crippen LogP contribution in [0.1, 0.15) is 6.92 Å². The van der Waals surface area contributed by atoms with E-state index in [2.05, 4.69) is 0 Å². The number of carbonyl (C=O) groups is 2. The van der Waals surface area contributed by atoms with Crippen molar-refractivity contribution in [3.8, 4) is 0 Å². The third-order valence-corrected chi connectivity index (χ3v) is 4.25. The second kappa shape index (κ2) is 6.31. The lowest BCUT2D eigenvalue weighted by molar-refractivity contribution is -0.387. The normalized spacial score (nSPS) is 12.4. The van der Waals surface area contributed by atoms with Gasteiger partial charge in [-0.25, -0.2) is 13.2 Å². The van der Waals surface area contributed by atoms with Gasteiger partial charge in [0.05, 0.1) is 10.7 Å². The van der Waals surface area contributed by atoms with Crippen LogP contribution in [0.25, 0.3) is 0 Å². The first-order chi connectivity index (χ1) is 9.65. The number of hydrogen-bond donors (Lipinski definition) is 2. The first kappa shape index (κ1) is 16.6. The number of nitro groups is 1. The first-order valence-electron chi connectivity index (χ1n) is 5.61. The Morgan fingerprint density at radius 3 is 2.43 bits per heavy atom. The molecule has 0 aliphatic heterocycles. The fourth-order valence-electron chi connectivity index (χ4n) is 1.60. The standard InChI is InChI=1S/C11H12N2O7S/c1-7(14)12-8(11(15)16)6-21(19,20)10-5-3-2-4-9(10)13(17)18/h2-5,8H,6H2,1H3,(H,12,14)(H,15,16). The number of para-hydroxylation sites is 1. The monoisotopic (exact) mass is 316 g/mol. The maximum Gasteiger partial charge on any atom is 0.327 e. The number of amides is 1. The van der Waals surface area contributed by atoms with Crippen molar-refractivity contribution in [3.05, 3.63) is 34.4 Å². The summed E-state index contributed by atoms with van der Waals surface area (Å²) in [4.78, 5) is 31.2. The zero-order valence-corrected chi connectivity index (χ0v) is 11.7. The summed E-state index contributed by atoms with van der Waals surface area (Å²) in [6.45, 7) is 1.04. The third-order valence-electron chi connectivity index (χ3n) is 2.46. The molecule has 0 aliphatic carbocycles. The average Bonchev–Trinajstić information content (AvgIpc) is 2.37. The van der Waals surface area contributed by atoms with E-state index >= 15 is 0 Å². The Kier molecular flexibility index (Phi) is 4.97. The lowest BCUT2D eigenvalue weighted by Crippen LogP contribution is -2.44. The number of nitro benzene ring substituents is 1. The highest BCUT2D eigenvalue weighted by Crippen LogP contribution is 2.24. The molecule has 2 N–H and O–H groups in total. The summed E-state index contributed by atoms with van der Waals surface area (Å²) in [6.07, 6.45) is 0. The molecular formula is C11H12N2O7S. The molecule has 0 radical (unpaired) electrons. The molecule has 114 valence electrons. The number of nitrogens with one attached hydrogen (secondary N) is 1. The molecule has 0 saturated heterocycles. The van der Waals surface area contributed by atoms with Gasteiger partial charge in [-0.2, -0.15) is 0 Å². The minimum Gasteiger partial charge on any atom is -0.480 e. The number of carboxylic acids is 1. The van der Waals surface area contributed by atoms with Gasteiger partial charge in [-0.3, -0.25) is 14.9 Å². The summed E-state index contributed by atoms with van der Waals surface area (Å²) in [6, 6.07) is 2.90. The van der Waals surface area contributed by atoms with Crippen molar-refractivity contribution in [3.63, 3.8) is 0 Å². The van der Waals surface area contributed by atoms with Crippen LogP contribution >= 0.6 is 0 Å². The van der Waals surface area contributed by atoms with Crippen LogP contribution in [0, 0.1) is 10.1 Å². The van der Waals surface area contributed by atoms with Gasteiger partial charge in [-0.05, 0) is 6.07 Å². The maximum atomic E-state index is 12.1. The third kappa shape index (κ3) is 4.24. The molecule has 1 amide bonds. The average molecular weight is 316 g/mol. The number of sulfone groups is 1. The van der Waals surface area contributed by atoms with Crippen molar-refractivity contribution in [2.75, 3.05) is 5.75 Å². The van der Waals surface area contributed by atoms with Crippen molar-refractivity contribution in [1.82, 2.24) is 5.32 Å². The number of rotatable bonds is 6. The highest BCUT2D eigenvalue weighted by molar-refractivity contribution is 7.91. The zero-order valence-electron chi connectivity index (χ0n) is 10.8. The highest BCUT2D eigenvalue weighted by atomic mass is 32.2. The van der Waals surface area contributed by atoms with E-state index in [-0.39, 0.29) is 0 Å². The number of carbonyl (C=O) groups excluding carboxylic acids is 1. The molecule has 0 spiro atoms. The van der Waals surface area contributed by atoms with E-state index in [4.69, 9.17) is 5.11 Å². The van der Waals surface area contributed by atoms with Gasteiger partial charge >= 0.3 is 5.97 Å². The molecule has 0 heterocycles. The largest absolute Gasteiger partial charge is 0.480 e. The number of aliphatic carboxylic acids is 1. The van der Waals surface area contributed by atoms with Crippen LogP contribution in [0.4, 0.5) is 5.69 Å². The maximum absolute atomic E-state index is 12.1. The lowest BCUT2D eigenvalue weighted by atomic mass is 10.3. The topological polar surface area (TPSA) is 144 Å². The zero-order chi connectivity index (χ0) is 16.2. The molecule has 9 nitrogen and oxygen atoms in total. The minimum atomic E-state index is -4.26. The summed E-state index contributed by atoms with van der Waals surface area (Å²) < 4.78 is 24.3. The van der Waals surface area contributed by atoms with Crippen LogP contribution in [0.2, 0.25) is 0 Å². The summed E-state index contributed by atoms with van der Waals surface area (Å²) >= 11 is 0. The van der Waals surface area contributed by atoms with Crippen LogP contribution in [0.5, 0.6) is 0 Å². The number of benzene rings is 1. The Hall–Kier alpha value is -2.49. The van der Waals surface area contributed by atoms with Gasteiger partial charge in [0.15, 0.2) is 9.84 Å². The van der Waals surface area contributed by atoms with Crippen LogP contribution in [0.3, 0.4) is 0 Å². The fourth-order valence-corrected chi connectivity index (χ4v) is 3.19. The van der Waals surface area contributed by atoms with Crippen molar-refractivity contribution in [2.24, 2.45) is 0 Å². The van der Waals surface area contributed by atoms with E-state index in [1.165, 1.54) is 12.1 Å². The number of carboxylic acid groups (broad SMARTS) is 1. The van der Waals surface area contributed by atoms with Gasteiger partial charge in [-0.15, -0.1) is 0 Å². The van der Waals surface area contributed by atoms with Gasteiger partial charge in [0.25, 0.3) is 5.69 Å². The van der Waals surface area contributed by atoms with Gasteiger partial charge in [-0.1, -0.05) is 12.1 Å². The van der Waals surface area contributed by atoms with E-state index in [0.29, 0.717) is 0 Å². The van der Waals surface area contributed by atoms with Crippen LogP contribution in [-0.2, 0) is 19.4 Å². The van der Waals surface area contributed by atoms with Gasteiger partial charge in [0.1, 0.15) is 10.9 Å². The minimum absolute atomic E-state index is 0.591. The molecule has 1 unspecified atom stereocenters. The SMILES string of the molecule is CC(=O)NC(CS(=O)(=O)c1ccccc1[N+](=O)[O-])C(=O)O. The van der Waals surface area contributed by atoms with Gasteiger partial charge in [0.2, 0.25) is 5.91 Å². The first-order valence-corrected chi connectivity index (χ1v) is 7.26. The molecule has 0 bridgehead atoms. The van der Waals surface area contributed by atoms with Crippen molar-refractivity contribution < 1.29 is 28.0 Å². The molecular weight excluding hydrogens is 304 g/mol. The Balaban J connectivity index is 3.20. The van der Waals surface area contributed by atoms with E-state index < -0.39 is 49.0 Å². The highest BCUT2D eigenvalue weighted by Gasteiger charge is 2.31. The summed E-state index contributed by atoms with van der Waals surface area (Å²) in [5.41, 5.74) is -0.649. The van der Waals surface area contributed by atoms with Crippen LogP contribution in [-0.4, -0.2) is 42.1 Å². The quantitative estimate of drug-likeness (QED) is 0.553. The van der Waals surface area contributed by atoms with E-state index in [9.17, 15) is 28.1 Å². The van der Waals surface area contributed by atoms with Gasteiger partial charge in [0, 0.05) is 13.0 Å². The van der Waals surface area contributed by atoms with Crippen LogP contribution < -0.4 is 5.32 Å². The van der Waals surface area contributed by atoms with E-state index in [0.717, 1.165) is 19.1 Å². The van der Waals surface area contributed by atoms with Crippen LogP contribution in [0.15, 0.2) is 29.2 Å². The van der Waals surface area contributed by atoms with E-state index in [1.54, 1.807) is 0 Å². The van der Waals surface area contributed by atoms with Gasteiger partial charge < -0.3 is 10.4 Å². The second-order valence-electron chi connectivity index (χ2n) is 4.10. The van der Waals surface area contributed by atoms with Crippen molar-refractivity contribution in [1.29, 1.82) is 0 Å². The molecule has 0 saturated carbocycles. The predicted molar refractivity (Wildman–Crippen MR) is 70.4 cm³/mol. The molecule has 10 heteroatoms. The number of hydrogen-bond acceptors (Lipinski definition) is 6. The Morgan fingerprint density at radius 1 is 1.38 bits per heavy atom. The molecule has 0 aliphatic rings. The molecule has 21 heavy (non-hydrogen) atoms. The summed E-state index contributed by atoms with van der Waals surface area (Å²) in [5.74, 6) is -3.25. The van der Waals surface area contributed by atoms with E-state index in [1.807, 2.05) is 5.32 Å². The Morgan fingerprint density at radius 2 is 1.95 bits per heavy atom. The Bertz CT molecular complexity index is 684. The van der Waals surface area contributed by atoms with Crippen molar-refractivity contribution in [2.45, 2.75) is 17.9 Å². The molecule has 1 atom stereocenters. The summed E-state index contributed by atoms with van der Waals surface area (Å²) in [5, 5.41) is 21.7. The molecule has 1 aromatic rings. The summed E-state index contributed by atoms with van der Waals surface area (Å²) in [7, 11) is -4.26. The molecule has 1 aromatic carbocycles. The number of nitrogens with zero attached hydrogens (tertiary/aromatic N) is 1. The Labute approximate surface area is 119 Å². The smallest absolute Gasteiger partial charge is 0.327 e. The molecule has 1 rings (SSSR count).